The smallest absolute Gasteiger partial charge is 0.302 e. The number of ether oxygens (including phenoxy) is 1. The minimum atomic E-state index is -0.228. The van der Waals surface area contributed by atoms with Gasteiger partial charge in [-0.1, -0.05) is 19.9 Å². The zero-order valence-electron chi connectivity index (χ0n) is 18.3. The van der Waals surface area contributed by atoms with Crippen LogP contribution >= 0.6 is 0 Å². The lowest BCUT2D eigenvalue weighted by Gasteiger charge is -2.37. The molecule has 0 saturated carbocycles. The molecule has 0 aliphatic carbocycles. The molecule has 0 amide bonds. The number of aromatic nitrogens is 1. The highest BCUT2D eigenvalue weighted by atomic mass is 19.1. The van der Waals surface area contributed by atoms with Gasteiger partial charge < -0.3 is 14.5 Å². The van der Waals surface area contributed by atoms with Crippen LogP contribution in [0.25, 0.3) is 0 Å². The molecule has 31 heavy (non-hydrogen) atoms. The third-order valence-corrected chi connectivity index (χ3v) is 5.51. The normalized spacial score (nSPS) is 16.8. The van der Waals surface area contributed by atoms with Crippen molar-refractivity contribution in [1.29, 1.82) is 0 Å². The fourth-order valence-electron chi connectivity index (χ4n) is 3.95. The van der Waals surface area contributed by atoms with Crippen LogP contribution in [-0.4, -0.2) is 41.7 Å². The molecule has 1 saturated heterocycles. The van der Waals surface area contributed by atoms with Crippen molar-refractivity contribution in [2.75, 3.05) is 29.6 Å². The van der Waals surface area contributed by atoms with E-state index < -0.39 is 0 Å². The number of carbonyl (C=O) groups is 1. The van der Waals surface area contributed by atoms with Gasteiger partial charge in [-0.3, -0.25) is 14.7 Å². The van der Waals surface area contributed by atoms with Crippen LogP contribution in [0.15, 0.2) is 48.9 Å². The van der Waals surface area contributed by atoms with E-state index in [0.717, 1.165) is 48.7 Å². The summed E-state index contributed by atoms with van der Waals surface area (Å²) in [6, 6.07) is 9.55. The van der Waals surface area contributed by atoms with Crippen LogP contribution in [0.2, 0.25) is 0 Å². The highest BCUT2D eigenvalue weighted by Crippen LogP contribution is 2.26. The largest absolute Gasteiger partial charge is 0.460 e. The summed E-state index contributed by atoms with van der Waals surface area (Å²) in [6.07, 6.45) is 6.55. The third-order valence-electron chi connectivity index (χ3n) is 5.51. The van der Waals surface area contributed by atoms with Gasteiger partial charge in [0.05, 0.1) is 24.2 Å². The number of rotatable bonds is 7. The van der Waals surface area contributed by atoms with Crippen molar-refractivity contribution in [2.45, 2.75) is 39.8 Å². The minimum absolute atomic E-state index is 0.00164. The first-order valence-corrected chi connectivity index (χ1v) is 10.7. The van der Waals surface area contributed by atoms with Crippen LogP contribution in [0.3, 0.4) is 0 Å². The van der Waals surface area contributed by atoms with Crippen LogP contribution in [0.5, 0.6) is 0 Å². The zero-order chi connectivity index (χ0) is 22.0. The van der Waals surface area contributed by atoms with Crippen LogP contribution in [0, 0.1) is 11.7 Å². The molecule has 6 nitrogen and oxygen atoms in total. The first-order valence-electron chi connectivity index (χ1n) is 10.7. The molecule has 0 bridgehead atoms. The van der Waals surface area contributed by atoms with Crippen LogP contribution in [0.1, 0.15) is 32.0 Å². The number of nitrogens with zero attached hydrogens (tertiary/aromatic N) is 4. The highest BCUT2D eigenvalue weighted by Gasteiger charge is 2.29. The molecule has 4 rings (SSSR count). The fraction of sp³-hybridized carbons (Fsp3) is 0.417. The Morgan fingerprint density at radius 2 is 1.87 bits per heavy atom. The Bertz CT molecular complexity index is 955. The molecule has 0 atom stereocenters. The van der Waals surface area contributed by atoms with Crippen molar-refractivity contribution in [2.24, 2.45) is 5.92 Å². The van der Waals surface area contributed by atoms with Crippen LogP contribution < -0.4 is 9.80 Å². The minimum Gasteiger partial charge on any atom is -0.460 e. The molecule has 1 aromatic carbocycles. The number of hydrogen-bond donors (Lipinski definition) is 0. The first kappa shape index (κ1) is 21.3. The topological polar surface area (TPSA) is 48.9 Å². The lowest BCUT2D eigenvalue weighted by Crippen LogP contribution is -2.52. The van der Waals surface area contributed by atoms with Gasteiger partial charge in [0, 0.05) is 44.6 Å². The molecule has 2 aliphatic rings. The Morgan fingerprint density at radius 1 is 1.16 bits per heavy atom. The zero-order valence-corrected chi connectivity index (χ0v) is 18.3. The molecule has 1 aromatic heterocycles. The lowest BCUT2D eigenvalue weighted by molar-refractivity contribution is -0.155. The molecule has 0 unspecified atom stereocenters. The second-order valence-electron chi connectivity index (χ2n) is 8.69. The van der Waals surface area contributed by atoms with Crippen molar-refractivity contribution in [1.82, 2.24) is 9.88 Å². The van der Waals surface area contributed by atoms with Crippen molar-refractivity contribution in [3.8, 4) is 0 Å². The summed E-state index contributed by atoms with van der Waals surface area (Å²) in [6.45, 7) is 8.48. The van der Waals surface area contributed by atoms with E-state index in [2.05, 4.69) is 28.6 Å². The molecule has 0 radical (unpaired) electrons. The van der Waals surface area contributed by atoms with E-state index in [-0.39, 0.29) is 17.9 Å². The maximum atomic E-state index is 14.5. The maximum absolute atomic E-state index is 14.5. The third kappa shape index (κ3) is 5.22. The second-order valence-corrected chi connectivity index (χ2v) is 8.69. The van der Waals surface area contributed by atoms with E-state index in [1.54, 1.807) is 6.07 Å². The average molecular weight is 425 g/mol. The van der Waals surface area contributed by atoms with Gasteiger partial charge >= 0.3 is 5.97 Å². The summed E-state index contributed by atoms with van der Waals surface area (Å²) in [5.41, 5.74) is 3.57. The van der Waals surface area contributed by atoms with Gasteiger partial charge in [-0.05, 0) is 42.2 Å². The van der Waals surface area contributed by atoms with Gasteiger partial charge in [-0.2, -0.15) is 0 Å². The summed E-state index contributed by atoms with van der Waals surface area (Å²) < 4.78 is 19.6. The number of likely N-dealkylation sites (tertiary alicyclic amines) is 1. The second kappa shape index (κ2) is 9.06. The Labute approximate surface area is 182 Å². The molecule has 164 valence electrons. The predicted molar refractivity (Wildman–Crippen MR) is 119 cm³/mol. The van der Waals surface area contributed by atoms with Crippen molar-refractivity contribution >= 4 is 17.3 Å². The molecule has 2 aliphatic heterocycles. The Hall–Kier alpha value is -2.93. The Morgan fingerprint density at radius 3 is 2.48 bits per heavy atom. The average Bonchev–Trinajstić information content (AvgIpc) is 3.18. The van der Waals surface area contributed by atoms with Gasteiger partial charge in [0.15, 0.2) is 0 Å². The van der Waals surface area contributed by atoms with E-state index in [1.807, 2.05) is 47.8 Å². The van der Waals surface area contributed by atoms with Crippen LogP contribution in [0.4, 0.5) is 15.8 Å². The first-order chi connectivity index (χ1) is 14.9. The number of esters is 1. The molecule has 0 N–H and O–H groups in total. The van der Waals surface area contributed by atoms with E-state index in [4.69, 9.17) is 4.74 Å². The highest BCUT2D eigenvalue weighted by molar-refractivity contribution is 5.66. The quantitative estimate of drug-likeness (QED) is 0.628. The maximum Gasteiger partial charge on any atom is 0.302 e. The molecule has 7 heteroatoms. The summed E-state index contributed by atoms with van der Waals surface area (Å²) in [5, 5.41) is 0. The van der Waals surface area contributed by atoms with Gasteiger partial charge in [0.1, 0.15) is 11.9 Å². The van der Waals surface area contributed by atoms with Crippen molar-refractivity contribution in [3.63, 3.8) is 0 Å². The fourth-order valence-corrected chi connectivity index (χ4v) is 3.95. The Balaban J connectivity index is 1.31. The molecular formula is C24H29FN4O2. The van der Waals surface area contributed by atoms with Gasteiger partial charge in [0.25, 0.3) is 0 Å². The molecule has 2 aromatic rings. The summed E-state index contributed by atoms with van der Waals surface area (Å²) in [5.74, 6) is 0.0504. The monoisotopic (exact) mass is 424 g/mol. The number of hydrogen-bond acceptors (Lipinski definition) is 6. The predicted octanol–water partition coefficient (Wildman–Crippen LogP) is 3.92. The van der Waals surface area contributed by atoms with E-state index in [1.165, 1.54) is 6.92 Å². The van der Waals surface area contributed by atoms with E-state index >= 15 is 0 Å². The lowest BCUT2D eigenvalue weighted by atomic mass is 10.0. The molecule has 3 heterocycles. The van der Waals surface area contributed by atoms with Crippen molar-refractivity contribution in [3.05, 3.63) is 66.0 Å². The summed E-state index contributed by atoms with van der Waals surface area (Å²) in [4.78, 5) is 21.9. The van der Waals surface area contributed by atoms with Gasteiger partial charge in [-0.15, -0.1) is 0 Å². The van der Waals surface area contributed by atoms with Gasteiger partial charge in [0.2, 0.25) is 0 Å². The van der Waals surface area contributed by atoms with E-state index in [0.29, 0.717) is 12.6 Å². The Kier molecular flexibility index (Phi) is 6.23. The number of anilines is 2. The SMILES string of the molecule is CC(=O)OC1CN(Cc2ccc(N3C=CN(c4ccc(CC(C)C)c(F)c4)C3)cn2)C1. The summed E-state index contributed by atoms with van der Waals surface area (Å²) in [7, 11) is 0. The van der Waals surface area contributed by atoms with Crippen molar-refractivity contribution < 1.29 is 13.9 Å². The molecule has 0 spiro atoms. The standard InChI is InChI=1S/C24H29FN4O2/c1-17(2)10-19-4-6-21(11-24(19)25)28-8-9-29(16-28)22-7-5-20(26-12-22)13-27-14-23(15-27)31-18(3)30/h4-9,11-12,17,23H,10,13-16H2,1-3H3. The number of carbonyl (C=O) groups excluding carboxylic acids is 1. The molecular weight excluding hydrogens is 395 g/mol. The number of benzene rings is 1. The summed E-state index contributed by atoms with van der Waals surface area (Å²) >= 11 is 0. The van der Waals surface area contributed by atoms with Crippen LogP contribution in [-0.2, 0) is 22.5 Å². The number of halogens is 1. The molecule has 1 fully saturated rings. The van der Waals surface area contributed by atoms with Gasteiger partial charge in [-0.25, -0.2) is 4.39 Å². The van der Waals surface area contributed by atoms with E-state index in [9.17, 15) is 9.18 Å². The number of pyridine rings is 1.